The molecule has 6 heteroatoms. The Bertz CT molecular complexity index is 591. The van der Waals surface area contributed by atoms with Gasteiger partial charge in [-0.25, -0.2) is 8.42 Å². The number of nitrogens with one attached hydrogen (secondary N) is 1. The van der Waals surface area contributed by atoms with Crippen molar-refractivity contribution in [3.05, 3.63) is 29.8 Å². The Morgan fingerprint density at radius 2 is 1.76 bits per heavy atom. The van der Waals surface area contributed by atoms with Gasteiger partial charge in [0, 0.05) is 13.1 Å². The molecule has 1 aromatic rings. The first kappa shape index (κ1) is 15.8. The van der Waals surface area contributed by atoms with Crippen molar-refractivity contribution in [2.75, 3.05) is 23.6 Å². The molecule has 21 heavy (non-hydrogen) atoms. The quantitative estimate of drug-likeness (QED) is 0.929. The molecule has 1 fully saturated rings. The van der Waals surface area contributed by atoms with E-state index in [1.54, 1.807) is 31.2 Å². The summed E-state index contributed by atoms with van der Waals surface area (Å²) in [7, 11) is -3.39. The van der Waals surface area contributed by atoms with Crippen LogP contribution in [0.5, 0.6) is 0 Å². The molecule has 1 heterocycles. The molecule has 116 valence electrons. The molecule has 1 amide bonds. The van der Waals surface area contributed by atoms with Crippen molar-refractivity contribution in [1.29, 1.82) is 0 Å². The molecule has 1 saturated heterocycles. The number of carbonyl (C=O) groups is 1. The molecule has 0 atom stereocenters. The van der Waals surface area contributed by atoms with E-state index < -0.39 is 10.0 Å². The van der Waals surface area contributed by atoms with Crippen LogP contribution < -0.4 is 4.72 Å². The molecule has 0 unspecified atom stereocenters. The number of carbonyl (C=O) groups excluding carboxylic acids is 1. The van der Waals surface area contributed by atoms with Gasteiger partial charge in [0.1, 0.15) is 0 Å². The van der Waals surface area contributed by atoms with Crippen molar-refractivity contribution in [3.8, 4) is 0 Å². The summed E-state index contributed by atoms with van der Waals surface area (Å²) < 4.78 is 26.0. The molecule has 1 N–H and O–H groups in total. The third-order valence-corrected chi connectivity index (χ3v) is 4.99. The van der Waals surface area contributed by atoms with Crippen LogP contribution in [0.25, 0.3) is 0 Å². The van der Waals surface area contributed by atoms with Gasteiger partial charge in [-0.1, -0.05) is 25.0 Å². The zero-order chi connectivity index (χ0) is 15.3. The number of rotatable bonds is 4. The summed E-state index contributed by atoms with van der Waals surface area (Å²) in [6, 6.07) is 6.81. The average Bonchev–Trinajstić information content (AvgIpc) is 2.76. The van der Waals surface area contributed by atoms with Crippen LogP contribution >= 0.6 is 0 Å². The zero-order valence-corrected chi connectivity index (χ0v) is 13.2. The summed E-state index contributed by atoms with van der Waals surface area (Å²) in [6.45, 7) is 3.06. The Hall–Kier alpha value is -1.56. The molecule has 1 aromatic carbocycles. The summed E-state index contributed by atoms with van der Waals surface area (Å²) in [6.07, 6.45) is 4.31. The summed E-state index contributed by atoms with van der Waals surface area (Å²) >= 11 is 0. The smallest absolute Gasteiger partial charge is 0.255 e. The second-order valence-electron chi connectivity index (χ2n) is 5.26. The third-order valence-electron chi connectivity index (χ3n) is 3.70. The molecule has 5 nitrogen and oxygen atoms in total. The van der Waals surface area contributed by atoms with Crippen LogP contribution in [0.3, 0.4) is 0 Å². The second kappa shape index (κ2) is 6.93. The highest BCUT2D eigenvalue weighted by Gasteiger charge is 2.21. The maximum Gasteiger partial charge on any atom is 0.255 e. The van der Waals surface area contributed by atoms with Crippen LogP contribution in [0.15, 0.2) is 24.3 Å². The van der Waals surface area contributed by atoms with Crippen molar-refractivity contribution in [1.82, 2.24) is 4.90 Å². The van der Waals surface area contributed by atoms with Crippen LogP contribution in [-0.2, 0) is 10.0 Å². The molecule has 0 aromatic heterocycles. The zero-order valence-electron chi connectivity index (χ0n) is 12.3. The van der Waals surface area contributed by atoms with Gasteiger partial charge in [0.05, 0.1) is 17.0 Å². The monoisotopic (exact) mass is 310 g/mol. The molecule has 0 aliphatic carbocycles. The van der Waals surface area contributed by atoms with Gasteiger partial charge in [-0.15, -0.1) is 0 Å². The van der Waals surface area contributed by atoms with Crippen molar-refractivity contribution in [3.63, 3.8) is 0 Å². The minimum atomic E-state index is -3.39. The third kappa shape index (κ3) is 4.20. The largest absolute Gasteiger partial charge is 0.339 e. The number of likely N-dealkylation sites (tertiary alicyclic amines) is 1. The van der Waals surface area contributed by atoms with E-state index in [0.29, 0.717) is 11.3 Å². The minimum absolute atomic E-state index is 0.0146. The number of nitrogens with zero attached hydrogens (tertiary/aromatic N) is 1. The first-order chi connectivity index (χ1) is 10.0. The van der Waals surface area contributed by atoms with Crippen LogP contribution in [0.1, 0.15) is 43.0 Å². The first-order valence-electron chi connectivity index (χ1n) is 7.42. The average molecular weight is 310 g/mol. The van der Waals surface area contributed by atoms with E-state index in [2.05, 4.69) is 4.72 Å². The molecule has 0 saturated carbocycles. The highest BCUT2D eigenvalue weighted by molar-refractivity contribution is 7.92. The lowest BCUT2D eigenvalue weighted by atomic mass is 10.1. The fourth-order valence-electron chi connectivity index (χ4n) is 2.44. The van der Waals surface area contributed by atoms with Crippen molar-refractivity contribution < 1.29 is 13.2 Å². The van der Waals surface area contributed by atoms with E-state index in [-0.39, 0.29) is 11.7 Å². The van der Waals surface area contributed by atoms with E-state index in [9.17, 15) is 13.2 Å². The molecule has 0 bridgehead atoms. The Balaban J connectivity index is 2.24. The predicted molar refractivity (Wildman–Crippen MR) is 83.9 cm³/mol. The number of hydrogen-bond donors (Lipinski definition) is 1. The van der Waals surface area contributed by atoms with E-state index in [4.69, 9.17) is 0 Å². The molecular formula is C15H22N2O3S. The van der Waals surface area contributed by atoms with Crippen molar-refractivity contribution >= 4 is 21.6 Å². The van der Waals surface area contributed by atoms with Crippen molar-refractivity contribution in [2.45, 2.75) is 32.6 Å². The highest BCUT2D eigenvalue weighted by atomic mass is 32.2. The molecular weight excluding hydrogens is 288 g/mol. The number of sulfonamides is 1. The lowest BCUT2D eigenvalue weighted by molar-refractivity contribution is 0.0762. The number of anilines is 1. The molecule has 1 aliphatic rings. The van der Waals surface area contributed by atoms with Gasteiger partial charge in [0.15, 0.2) is 0 Å². The highest BCUT2D eigenvalue weighted by Crippen LogP contribution is 2.20. The van der Waals surface area contributed by atoms with Gasteiger partial charge in [0.25, 0.3) is 5.91 Å². The molecule has 0 radical (unpaired) electrons. The Morgan fingerprint density at radius 1 is 1.14 bits per heavy atom. The van der Waals surface area contributed by atoms with E-state index >= 15 is 0 Å². The van der Waals surface area contributed by atoms with Crippen LogP contribution in [0.2, 0.25) is 0 Å². The molecule has 1 aliphatic heterocycles. The number of hydrogen-bond acceptors (Lipinski definition) is 3. The lowest BCUT2D eigenvalue weighted by Gasteiger charge is -2.22. The van der Waals surface area contributed by atoms with Gasteiger partial charge in [-0.2, -0.15) is 0 Å². The van der Waals surface area contributed by atoms with Gasteiger partial charge < -0.3 is 4.90 Å². The Morgan fingerprint density at radius 3 is 2.38 bits per heavy atom. The standard InChI is InChI=1S/C15H22N2O3S/c1-2-21(19,20)16-14-10-6-5-9-13(14)15(18)17-11-7-3-4-8-12-17/h5-6,9-10,16H,2-4,7-8,11-12H2,1H3. The fourth-order valence-corrected chi connectivity index (χ4v) is 3.10. The minimum Gasteiger partial charge on any atom is -0.339 e. The summed E-state index contributed by atoms with van der Waals surface area (Å²) in [4.78, 5) is 14.5. The Kier molecular flexibility index (Phi) is 5.22. The van der Waals surface area contributed by atoms with E-state index in [1.807, 2.05) is 4.90 Å². The number of amides is 1. The summed E-state index contributed by atoms with van der Waals surface area (Å²) in [5.41, 5.74) is 0.796. The normalized spacial score (nSPS) is 16.3. The van der Waals surface area contributed by atoms with E-state index in [1.165, 1.54) is 0 Å². The van der Waals surface area contributed by atoms with Crippen molar-refractivity contribution in [2.24, 2.45) is 0 Å². The Labute approximate surface area is 126 Å². The maximum atomic E-state index is 12.6. The van der Waals surface area contributed by atoms with Gasteiger partial charge >= 0.3 is 0 Å². The second-order valence-corrected chi connectivity index (χ2v) is 7.27. The fraction of sp³-hybridized carbons (Fsp3) is 0.533. The number of para-hydroxylation sites is 1. The molecule has 2 rings (SSSR count). The number of benzene rings is 1. The topological polar surface area (TPSA) is 66.5 Å². The van der Waals surface area contributed by atoms with Gasteiger partial charge in [-0.05, 0) is 31.9 Å². The van der Waals surface area contributed by atoms with Crippen LogP contribution in [0.4, 0.5) is 5.69 Å². The van der Waals surface area contributed by atoms with Gasteiger partial charge in [-0.3, -0.25) is 9.52 Å². The summed E-state index contributed by atoms with van der Waals surface area (Å²) in [5.74, 6) is -0.106. The first-order valence-corrected chi connectivity index (χ1v) is 9.07. The lowest BCUT2D eigenvalue weighted by Crippen LogP contribution is -2.32. The summed E-state index contributed by atoms with van der Waals surface area (Å²) in [5, 5.41) is 0. The van der Waals surface area contributed by atoms with E-state index in [0.717, 1.165) is 38.8 Å². The maximum absolute atomic E-state index is 12.6. The van der Waals surface area contributed by atoms with Crippen LogP contribution in [-0.4, -0.2) is 38.1 Å². The molecule has 0 spiro atoms. The van der Waals surface area contributed by atoms with Gasteiger partial charge in [0.2, 0.25) is 10.0 Å². The predicted octanol–water partition coefficient (Wildman–Crippen LogP) is 2.46. The SMILES string of the molecule is CCS(=O)(=O)Nc1ccccc1C(=O)N1CCCCCC1. The van der Waals surface area contributed by atoms with Crippen LogP contribution in [0, 0.1) is 0 Å².